The summed E-state index contributed by atoms with van der Waals surface area (Å²) in [5.74, 6) is 0. The Bertz CT molecular complexity index is 361. The monoisotopic (exact) mass is 376 g/mol. The third-order valence-electron chi connectivity index (χ3n) is 2.01. The number of hydrogen-bond acceptors (Lipinski definition) is 0. The highest BCUT2D eigenvalue weighted by Gasteiger charge is 1.92. The Kier molecular flexibility index (Phi) is 107. The summed E-state index contributed by atoms with van der Waals surface area (Å²) in [4.78, 5) is 0. The second-order valence-corrected chi connectivity index (χ2v) is 3.44. The van der Waals surface area contributed by atoms with Crippen LogP contribution in [0.1, 0.15) is 76.7 Å². The minimum absolute atomic E-state index is 0. The van der Waals surface area contributed by atoms with E-state index in [0.717, 1.165) is 5.57 Å². The topological polar surface area (TPSA) is 0 Å². The molecule has 0 amide bonds. The summed E-state index contributed by atoms with van der Waals surface area (Å²) in [5, 5.41) is 0. The first kappa shape index (κ1) is 44.4. The van der Waals surface area contributed by atoms with Gasteiger partial charge in [-0.1, -0.05) is 136 Å². The molecule has 160 valence electrons. The zero-order chi connectivity index (χ0) is 22.2. The normalized spacial score (nSPS) is 8.81. The summed E-state index contributed by atoms with van der Waals surface area (Å²) in [6, 6.07) is 0. The average Bonchev–Trinajstić information content (AvgIpc) is 2.75. The first-order valence-electron chi connectivity index (χ1n) is 9.68. The zero-order valence-electron chi connectivity index (χ0n) is 19.6. The minimum Gasteiger partial charge on any atom is -0.0991 e. The molecule has 0 aromatic rings. The Morgan fingerprint density at radius 3 is 1.07 bits per heavy atom. The van der Waals surface area contributed by atoms with Crippen LogP contribution in [0, 0.1) is 0 Å². The molecule has 0 N–H and O–H groups in total. The largest absolute Gasteiger partial charge is 0.0991 e. The summed E-state index contributed by atoms with van der Waals surface area (Å²) >= 11 is 0. The molecule has 0 nitrogen and oxygen atoms in total. The molecule has 0 heteroatoms. The van der Waals surface area contributed by atoms with Crippen molar-refractivity contribution in [3.05, 3.63) is 98.2 Å². The number of rotatable bonds is 5. The van der Waals surface area contributed by atoms with E-state index in [1.807, 2.05) is 99.6 Å². The van der Waals surface area contributed by atoms with Crippen molar-refractivity contribution >= 4 is 0 Å². The molecular formula is C27H52. The Labute approximate surface area is 175 Å². The van der Waals surface area contributed by atoms with E-state index in [1.165, 1.54) is 5.57 Å². The summed E-state index contributed by atoms with van der Waals surface area (Å²) in [7, 11) is 0. The molecule has 0 atom stereocenters. The summed E-state index contributed by atoms with van der Waals surface area (Å²) in [5.41, 5.74) is 2.28. The maximum atomic E-state index is 3.74. The van der Waals surface area contributed by atoms with Crippen LogP contribution in [0.2, 0.25) is 0 Å². The second kappa shape index (κ2) is 64.9. The van der Waals surface area contributed by atoms with Gasteiger partial charge in [0, 0.05) is 0 Å². The second-order valence-electron chi connectivity index (χ2n) is 3.44. The van der Waals surface area contributed by atoms with E-state index in [1.54, 1.807) is 18.2 Å². The Morgan fingerprint density at radius 2 is 0.926 bits per heavy atom. The van der Waals surface area contributed by atoms with Crippen LogP contribution in [0.5, 0.6) is 0 Å². The van der Waals surface area contributed by atoms with E-state index >= 15 is 0 Å². The maximum absolute atomic E-state index is 3.74. The van der Waals surface area contributed by atoms with Crippen molar-refractivity contribution < 1.29 is 0 Å². The highest BCUT2D eigenvalue weighted by molar-refractivity contribution is 5.46. The van der Waals surface area contributed by atoms with E-state index in [2.05, 4.69) is 38.5 Å². The molecule has 0 saturated carbocycles. The SMILES string of the molecule is C.C/C=C\C.C=C/C=C(C=C)/C(/C=C\C)=C/C.C=CC=C.CC.CC.CC. The molecule has 0 fully saturated rings. The highest BCUT2D eigenvalue weighted by Crippen LogP contribution is 2.12. The molecule has 27 heavy (non-hydrogen) atoms. The molecule has 0 rings (SSSR count). The van der Waals surface area contributed by atoms with E-state index in [0.29, 0.717) is 0 Å². The van der Waals surface area contributed by atoms with Crippen molar-refractivity contribution in [2.24, 2.45) is 0 Å². The summed E-state index contributed by atoms with van der Waals surface area (Å²) in [6.07, 6.45) is 18.9. The predicted molar refractivity (Wildman–Crippen MR) is 139 cm³/mol. The van der Waals surface area contributed by atoms with Crippen LogP contribution in [0.15, 0.2) is 98.2 Å². The lowest BCUT2D eigenvalue weighted by atomic mass is 10.1. The van der Waals surface area contributed by atoms with Gasteiger partial charge in [-0.05, 0) is 38.8 Å². The van der Waals surface area contributed by atoms with Gasteiger partial charge in [0.05, 0.1) is 0 Å². The molecule has 0 aliphatic carbocycles. The van der Waals surface area contributed by atoms with Crippen molar-refractivity contribution in [2.45, 2.75) is 76.7 Å². The van der Waals surface area contributed by atoms with E-state index < -0.39 is 0 Å². The van der Waals surface area contributed by atoms with Gasteiger partial charge in [-0.3, -0.25) is 0 Å². The molecule has 0 bridgehead atoms. The van der Waals surface area contributed by atoms with Crippen molar-refractivity contribution in [1.29, 1.82) is 0 Å². The van der Waals surface area contributed by atoms with Crippen LogP contribution in [0.3, 0.4) is 0 Å². The summed E-state index contributed by atoms with van der Waals surface area (Å²) < 4.78 is 0. The zero-order valence-corrected chi connectivity index (χ0v) is 19.6. The smallest absolute Gasteiger partial charge is 0.0194 e. The average molecular weight is 377 g/mol. The first-order valence-corrected chi connectivity index (χ1v) is 9.68. The molecule has 0 spiro atoms. The van der Waals surface area contributed by atoms with Gasteiger partial charge in [0.1, 0.15) is 0 Å². The Hall–Kier alpha value is -2.08. The minimum atomic E-state index is 0. The summed E-state index contributed by atoms with van der Waals surface area (Å²) in [6.45, 7) is 34.1. The van der Waals surface area contributed by atoms with Gasteiger partial charge in [-0.25, -0.2) is 0 Å². The van der Waals surface area contributed by atoms with Gasteiger partial charge in [0.2, 0.25) is 0 Å². The Balaban J connectivity index is -0.0000000446. The molecular weight excluding hydrogens is 324 g/mol. The third-order valence-corrected chi connectivity index (χ3v) is 2.01. The molecule has 0 aromatic heterocycles. The van der Waals surface area contributed by atoms with Gasteiger partial charge < -0.3 is 0 Å². The molecule has 0 aliphatic heterocycles. The van der Waals surface area contributed by atoms with Crippen molar-refractivity contribution in [3.63, 3.8) is 0 Å². The lowest BCUT2D eigenvalue weighted by Gasteiger charge is -2.00. The molecule has 0 unspecified atom stereocenters. The van der Waals surface area contributed by atoms with E-state index in [-0.39, 0.29) is 7.43 Å². The van der Waals surface area contributed by atoms with Gasteiger partial charge in [0.15, 0.2) is 0 Å². The fraction of sp³-hybridized carbons (Fsp3) is 0.407. The van der Waals surface area contributed by atoms with Gasteiger partial charge in [0.25, 0.3) is 0 Å². The van der Waals surface area contributed by atoms with Crippen molar-refractivity contribution in [2.75, 3.05) is 0 Å². The van der Waals surface area contributed by atoms with Crippen LogP contribution in [-0.4, -0.2) is 0 Å². The van der Waals surface area contributed by atoms with Gasteiger partial charge >= 0.3 is 0 Å². The van der Waals surface area contributed by atoms with Crippen LogP contribution in [-0.2, 0) is 0 Å². The molecule has 0 radical (unpaired) electrons. The van der Waals surface area contributed by atoms with Gasteiger partial charge in [-0.15, -0.1) is 0 Å². The molecule has 0 aliphatic rings. The standard InChI is InChI=1S/C12H16.C4H8.C4H6.3C2H6.CH4/c1-5-9-11(7-3)12(8-4)10-6-2;2*1-3-4-2;3*1-2;/h5-10H,1,3H2,2,4H3;3-4H,1-2H3;3-4H,1-2H2;3*1-2H3;1H4/b10-6-,11-9+,12-8+;4-3-;;;;;. The lowest BCUT2D eigenvalue weighted by Crippen LogP contribution is -1.80. The maximum Gasteiger partial charge on any atom is -0.0194 e. The Morgan fingerprint density at radius 1 is 0.556 bits per heavy atom. The van der Waals surface area contributed by atoms with E-state index in [4.69, 9.17) is 0 Å². The quantitative estimate of drug-likeness (QED) is 0.330. The van der Waals surface area contributed by atoms with Crippen molar-refractivity contribution in [1.82, 2.24) is 0 Å². The van der Waals surface area contributed by atoms with Crippen LogP contribution in [0.4, 0.5) is 0 Å². The molecule has 0 aromatic carbocycles. The third kappa shape index (κ3) is 59.3. The number of allylic oxidation sites excluding steroid dienone is 12. The predicted octanol–water partition coefficient (Wildman–Crippen LogP) is 10.5. The first-order chi connectivity index (χ1) is 12.6. The van der Waals surface area contributed by atoms with Crippen LogP contribution < -0.4 is 0 Å². The molecule has 0 heterocycles. The fourth-order valence-electron chi connectivity index (χ4n) is 0.948. The fourth-order valence-corrected chi connectivity index (χ4v) is 0.948. The van der Waals surface area contributed by atoms with Crippen LogP contribution in [0.25, 0.3) is 0 Å². The van der Waals surface area contributed by atoms with E-state index in [9.17, 15) is 0 Å². The van der Waals surface area contributed by atoms with Crippen molar-refractivity contribution in [3.8, 4) is 0 Å². The number of hydrogen-bond donors (Lipinski definition) is 0. The van der Waals surface area contributed by atoms with Gasteiger partial charge in [-0.2, -0.15) is 0 Å². The van der Waals surface area contributed by atoms with Crippen LogP contribution >= 0.6 is 0 Å². The highest BCUT2D eigenvalue weighted by atomic mass is 14.0. The molecule has 0 saturated heterocycles. The lowest BCUT2D eigenvalue weighted by molar-refractivity contribution is 1.49.